The van der Waals surface area contributed by atoms with Gasteiger partial charge >= 0.3 is 0 Å². The Kier molecular flexibility index (Phi) is 4.73. The number of benzene rings is 3. The van der Waals surface area contributed by atoms with E-state index in [-0.39, 0.29) is 16.2 Å². The molecule has 1 aromatic heterocycles. The van der Waals surface area contributed by atoms with Gasteiger partial charge in [-0.3, -0.25) is 4.79 Å². The molecule has 2 N–H and O–H groups in total. The number of para-hydroxylation sites is 1. The number of rotatable bonds is 5. The number of carbonyl (C=O) groups excluding carboxylic acids is 1. The first-order valence-electron chi connectivity index (χ1n) is 8.77. The van der Waals surface area contributed by atoms with Crippen LogP contribution in [0.2, 0.25) is 0 Å². The summed E-state index contributed by atoms with van der Waals surface area (Å²) in [6.45, 7) is 0. The third-order valence-corrected chi connectivity index (χ3v) is 6.05. The van der Waals surface area contributed by atoms with Gasteiger partial charge in [-0.15, -0.1) is 0 Å². The van der Waals surface area contributed by atoms with Crippen LogP contribution in [0.5, 0.6) is 5.75 Å². The van der Waals surface area contributed by atoms with Crippen LogP contribution in [-0.2, 0) is 10.0 Å². The van der Waals surface area contributed by atoms with Gasteiger partial charge in [0.2, 0.25) is 10.0 Å². The highest BCUT2D eigenvalue weighted by molar-refractivity contribution is 7.89. The van der Waals surface area contributed by atoms with E-state index < -0.39 is 15.9 Å². The van der Waals surface area contributed by atoms with Gasteiger partial charge in [0.05, 0.1) is 7.11 Å². The smallest absolute Gasteiger partial charge is 0.255 e. The molecular weight excluding hydrogens is 392 g/mol. The average Bonchev–Trinajstić information content (AvgIpc) is 3.11. The number of hydrogen-bond acceptors (Lipinski definition) is 5. The molecule has 0 saturated heterocycles. The Balaban J connectivity index is 1.69. The number of fused-ring (bicyclic) bond motifs is 3. The summed E-state index contributed by atoms with van der Waals surface area (Å²) < 4.78 is 37.6. The lowest BCUT2D eigenvalue weighted by Gasteiger charge is -2.11. The third-order valence-electron chi connectivity index (χ3n) is 4.62. The molecule has 1 heterocycles. The van der Waals surface area contributed by atoms with Crippen molar-refractivity contribution in [3.05, 3.63) is 66.2 Å². The number of furan rings is 1. The molecule has 0 aliphatic rings. The van der Waals surface area contributed by atoms with Gasteiger partial charge in [0.15, 0.2) is 0 Å². The number of ether oxygens (including phenoxy) is 1. The van der Waals surface area contributed by atoms with E-state index in [9.17, 15) is 13.2 Å². The predicted octanol–water partition coefficient (Wildman–Crippen LogP) is 3.76. The van der Waals surface area contributed by atoms with Crippen LogP contribution in [0.25, 0.3) is 21.9 Å². The summed E-state index contributed by atoms with van der Waals surface area (Å²) >= 11 is 0. The van der Waals surface area contributed by atoms with Crippen molar-refractivity contribution in [2.24, 2.45) is 0 Å². The molecule has 1 amide bonds. The molecule has 148 valence electrons. The molecule has 0 fully saturated rings. The first kappa shape index (κ1) is 19.0. The van der Waals surface area contributed by atoms with Gasteiger partial charge in [-0.2, -0.15) is 0 Å². The molecule has 4 aromatic rings. The molecule has 0 radical (unpaired) electrons. The minimum Gasteiger partial charge on any atom is -0.495 e. The number of carbonyl (C=O) groups is 1. The van der Waals surface area contributed by atoms with Crippen LogP contribution in [0.4, 0.5) is 5.69 Å². The summed E-state index contributed by atoms with van der Waals surface area (Å²) in [6, 6.07) is 17.2. The zero-order valence-corrected chi connectivity index (χ0v) is 16.5. The van der Waals surface area contributed by atoms with Crippen molar-refractivity contribution in [1.82, 2.24) is 4.72 Å². The molecule has 8 heteroatoms. The van der Waals surface area contributed by atoms with Crippen LogP contribution < -0.4 is 14.8 Å². The second-order valence-electron chi connectivity index (χ2n) is 6.34. The van der Waals surface area contributed by atoms with Gasteiger partial charge in [-0.25, -0.2) is 13.1 Å². The first-order valence-corrected chi connectivity index (χ1v) is 10.3. The van der Waals surface area contributed by atoms with E-state index in [2.05, 4.69) is 10.0 Å². The number of methoxy groups -OCH3 is 1. The van der Waals surface area contributed by atoms with Crippen LogP contribution in [0, 0.1) is 0 Å². The zero-order valence-electron chi connectivity index (χ0n) is 15.7. The standard InChI is InChI=1S/C21H18N2O5S/c1-22-29(25,26)20-11-13(7-9-19(20)27-2)21(24)23-14-8-10-18-16(12-14)15-5-3-4-6-17(15)28-18/h3-12,22H,1-2H3,(H,23,24). The summed E-state index contributed by atoms with van der Waals surface area (Å²) in [4.78, 5) is 12.6. The lowest BCUT2D eigenvalue weighted by atomic mass is 10.1. The molecule has 4 rings (SSSR count). The summed E-state index contributed by atoms with van der Waals surface area (Å²) in [6.07, 6.45) is 0. The van der Waals surface area contributed by atoms with E-state index in [1.165, 1.54) is 32.4 Å². The topological polar surface area (TPSA) is 97.6 Å². The molecule has 0 spiro atoms. The van der Waals surface area contributed by atoms with Crippen molar-refractivity contribution in [2.45, 2.75) is 4.90 Å². The fourth-order valence-corrected chi connectivity index (χ4v) is 4.06. The van der Waals surface area contributed by atoms with Crippen molar-refractivity contribution in [1.29, 1.82) is 0 Å². The van der Waals surface area contributed by atoms with E-state index in [0.717, 1.165) is 21.9 Å². The highest BCUT2D eigenvalue weighted by Crippen LogP contribution is 2.31. The van der Waals surface area contributed by atoms with Gasteiger partial charge in [0, 0.05) is 22.0 Å². The molecule has 0 saturated carbocycles. The Morgan fingerprint density at radius 2 is 1.72 bits per heavy atom. The molecule has 0 unspecified atom stereocenters. The van der Waals surface area contributed by atoms with E-state index in [1.807, 2.05) is 30.3 Å². The minimum atomic E-state index is -3.78. The highest BCUT2D eigenvalue weighted by Gasteiger charge is 2.20. The fourth-order valence-electron chi connectivity index (χ4n) is 3.15. The maximum absolute atomic E-state index is 12.7. The summed E-state index contributed by atoms with van der Waals surface area (Å²) in [7, 11) is -1.12. The average molecular weight is 410 g/mol. The van der Waals surface area contributed by atoms with Crippen molar-refractivity contribution >= 4 is 43.6 Å². The second kappa shape index (κ2) is 7.23. The largest absolute Gasteiger partial charge is 0.495 e. The quantitative estimate of drug-likeness (QED) is 0.522. The van der Waals surface area contributed by atoms with E-state index in [0.29, 0.717) is 5.69 Å². The zero-order chi connectivity index (χ0) is 20.6. The lowest BCUT2D eigenvalue weighted by Crippen LogP contribution is -2.20. The molecule has 29 heavy (non-hydrogen) atoms. The fraction of sp³-hybridized carbons (Fsp3) is 0.0952. The van der Waals surface area contributed by atoms with Crippen LogP contribution in [-0.4, -0.2) is 28.5 Å². The number of nitrogens with one attached hydrogen (secondary N) is 2. The van der Waals surface area contributed by atoms with Gasteiger partial charge in [-0.1, -0.05) is 18.2 Å². The Labute approximate surface area is 167 Å². The van der Waals surface area contributed by atoms with Crippen molar-refractivity contribution in [2.75, 3.05) is 19.5 Å². The molecule has 7 nitrogen and oxygen atoms in total. The normalized spacial score (nSPS) is 11.7. The first-order chi connectivity index (χ1) is 13.9. The van der Waals surface area contributed by atoms with Crippen molar-refractivity contribution in [3.63, 3.8) is 0 Å². The Bertz CT molecular complexity index is 1340. The van der Waals surface area contributed by atoms with Gasteiger partial charge < -0.3 is 14.5 Å². The molecule has 0 aliphatic carbocycles. The van der Waals surface area contributed by atoms with Gasteiger partial charge in [0.1, 0.15) is 21.8 Å². The van der Waals surface area contributed by atoms with Crippen molar-refractivity contribution < 1.29 is 22.4 Å². The van der Waals surface area contributed by atoms with Crippen LogP contribution in [0.15, 0.2) is 70.0 Å². The molecule has 3 aromatic carbocycles. The molecular formula is C21H18N2O5S. The van der Waals surface area contributed by atoms with Crippen LogP contribution in [0.1, 0.15) is 10.4 Å². The summed E-state index contributed by atoms with van der Waals surface area (Å²) in [5, 5.41) is 4.63. The van der Waals surface area contributed by atoms with Crippen molar-refractivity contribution in [3.8, 4) is 5.75 Å². The van der Waals surface area contributed by atoms with Crippen LogP contribution in [0.3, 0.4) is 0 Å². The maximum atomic E-state index is 12.7. The molecule has 0 bridgehead atoms. The minimum absolute atomic E-state index is 0.105. The number of sulfonamides is 1. The number of anilines is 1. The Hall–Kier alpha value is -3.36. The number of hydrogen-bond donors (Lipinski definition) is 2. The lowest BCUT2D eigenvalue weighted by molar-refractivity contribution is 0.102. The summed E-state index contributed by atoms with van der Waals surface area (Å²) in [5.41, 5.74) is 2.25. The summed E-state index contributed by atoms with van der Waals surface area (Å²) in [5.74, 6) is -0.283. The van der Waals surface area contributed by atoms with E-state index in [1.54, 1.807) is 12.1 Å². The van der Waals surface area contributed by atoms with E-state index in [4.69, 9.17) is 9.15 Å². The Morgan fingerprint density at radius 1 is 0.966 bits per heavy atom. The maximum Gasteiger partial charge on any atom is 0.255 e. The van der Waals surface area contributed by atoms with Gasteiger partial charge in [-0.05, 0) is 49.5 Å². The predicted molar refractivity (Wildman–Crippen MR) is 111 cm³/mol. The van der Waals surface area contributed by atoms with Gasteiger partial charge in [0.25, 0.3) is 5.91 Å². The second-order valence-corrected chi connectivity index (χ2v) is 8.19. The van der Waals surface area contributed by atoms with E-state index >= 15 is 0 Å². The Morgan fingerprint density at radius 3 is 2.48 bits per heavy atom. The third kappa shape index (κ3) is 3.43. The molecule has 0 aliphatic heterocycles. The number of amides is 1. The monoisotopic (exact) mass is 410 g/mol. The van der Waals surface area contributed by atoms with Crippen LogP contribution >= 0.6 is 0 Å². The molecule has 0 atom stereocenters. The highest BCUT2D eigenvalue weighted by atomic mass is 32.2. The SMILES string of the molecule is CNS(=O)(=O)c1cc(C(=O)Nc2ccc3oc4ccccc4c3c2)ccc1OC.